The fourth-order valence-electron chi connectivity index (χ4n) is 1.47. The Bertz CT molecular complexity index is 553. The van der Waals surface area contributed by atoms with E-state index in [-0.39, 0.29) is 11.5 Å². The van der Waals surface area contributed by atoms with E-state index >= 15 is 0 Å². The number of aromatic nitrogens is 2. The van der Waals surface area contributed by atoms with E-state index in [0.29, 0.717) is 18.8 Å². The van der Waals surface area contributed by atoms with Crippen LogP contribution < -0.4 is 11.0 Å². The van der Waals surface area contributed by atoms with Crippen LogP contribution in [0.15, 0.2) is 47.5 Å². The Morgan fingerprint density at radius 3 is 2.88 bits per heavy atom. The number of benzene rings is 1. The summed E-state index contributed by atoms with van der Waals surface area (Å²) in [5.74, 6) is -0.300. The summed E-state index contributed by atoms with van der Waals surface area (Å²) in [6.45, 7) is 0.910. The summed E-state index contributed by atoms with van der Waals surface area (Å²) in [4.78, 5) is 14.9. The molecule has 0 bridgehead atoms. The number of para-hydroxylation sites is 1. The molecule has 4 nitrogen and oxygen atoms in total. The fourth-order valence-corrected chi connectivity index (χ4v) is 1.47. The first-order valence-electron chi connectivity index (χ1n) is 5.27. The third-order valence-corrected chi connectivity index (χ3v) is 2.32. The van der Waals surface area contributed by atoms with Gasteiger partial charge in [0.15, 0.2) is 0 Å². The van der Waals surface area contributed by atoms with Gasteiger partial charge in [0.1, 0.15) is 5.82 Å². The highest BCUT2D eigenvalue weighted by molar-refractivity contribution is 5.44. The number of hydrogen-bond donors (Lipinski definition) is 1. The first-order valence-corrected chi connectivity index (χ1v) is 5.27. The van der Waals surface area contributed by atoms with Gasteiger partial charge in [-0.2, -0.15) is 0 Å². The molecule has 1 aromatic heterocycles. The highest BCUT2D eigenvalue weighted by atomic mass is 19.1. The monoisotopic (exact) mass is 233 g/mol. The van der Waals surface area contributed by atoms with E-state index in [0.717, 1.165) is 0 Å². The molecule has 1 N–H and O–H groups in total. The highest BCUT2D eigenvalue weighted by Crippen LogP contribution is 2.11. The topological polar surface area (TPSA) is 46.9 Å². The highest BCUT2D eigenvalue weighted by Gasteiger charge is 1.99. The van der Waals surface area contributed by atoms with E-state index < -0.39 is 0 Å². The lowest BCUT2D eigenvalue weighted by atomic mass is 10.3. The van der Waals surface area contributed by atoms with Crippen LogP contribution in [-0.2, 0) is 6.54 Å². The average Bonchev–Trinajstić information content (AvgIpc) is 2.34. The van der Waals surface area contributed by atoms with Crippen LogP contribution in [0.1, 0.15) is 0 Å². The molecule has 0 unspecified atom stereocenters. The third kappa shape index (κ3) is 2.90. The van der Waals surface area contributed by atoms with Crippen molar-refractivity contribution in [2.45, 2.75) is 6.54 Å². The summed E-state index contributed by atoms with van der Waals surface area (Å²) < 4.78 is 14.7. The molecule has 1 heterocycles. The minimum Gasteiger partial charge on any atom is -0.381 e. The maximum absolute atomic E-state index is 13.3. The minimum atomic E-state index is -0.303. The number of hydrogen-bond acceptors (Lipinski definition) is 3. The van der Waals surface area contributed by atoms with E-state index in [1.165, 1.54) is 16.8 Å². The predicted octanol–water partition coefficient (Wildman–Crippen LogP) is 1.49. The number of anilines is 1. The smallest absolute Gasteiger partial charge is 0.347 e. The van der Waals surface area contributed by atoms with Crippen molar-refractivity contribution in [1.82, 2.24) is 9.55 Å². The molecule has 0 saturated carbocycles. The summed E-state index contributed by atoms with van der Waals surface area (Å²) in [5, 5.41) is 2.93. The molecule has 1 aromatic carbocycles. The molecule has 17 heavy (non-hydrogen) atoms. The second kappa shape index (κ2) is 5.25. The molecule has 2 rings (SSSR count). The van der Waals surface area contributed by atoms with Gasteiger partial charge in [-0.05, 0) is 18.2 Å². The van der Waals surface area contributed by atoms with Crippen LogP contribution in [0, 0.1) is 5.82 Å². The molecule has 0 radical (unpaired) electrons. The molecule has 0 amide bonds. The first kappa shape index (κ1) is 11.3. The second-order valence-corrected chi connectivity index (χ2v) is 3.50. The van der Waals surface area contributed by atoms with Crippen molar-refractivity contribution in [3.63, 3.8) is 0 Å². The molecule has 0 spiro atoms. The van der Waals surface area contributed by atoms with Gasteiger partial charge >= 0.3 is 5.69 Å². The molecule has 5 heteroatoms. The van der Waals surface area contributed by atoms with Crippen molar-refractivity contribution in [1.29, 1.82) is 0 Å². The Morgan fingerprint density at radius 1 is 1.29 bits per heavy atom. The van der Waals surface area contributed by atoms with Crippen LogP contribution in [0.3, 0.4) is 0 Å². The van der Waals surface area contributed by atoms with Crippen molar-refractivity contribution < 1.29 is 4.39 Å². The minimum absolute atomic E-state index is 0.300. The standard InChI is InChI=1S/C12H12FN3O/c13-10-4-1-2-5-11(10)14-7-9-16-8-3-6-15-12(16)17/h1-6,8,14H,7,9H2. The Labute approximate surface area is 97.7 Å². The van der Waals surface area contributed by atoms with Crippen LogP contribution in [-0.4, -0.2) is 16.1 Å². The molecule has 0 aliphatic carbocycles. The quantitative estimate of drug-likeness (QED) is 0.870. The first-order chi connectivity index (χ1) is 8.27. The Morgan fingerprint density at radius 2 is 2.12 bits per heavy atom. The van der Waals surface area contributed by atoms with Gasteiger partial charge < -0.3 is 5.32 Å². The third-order valence-electron chi connectivity index (χ3n) is 2.32. The number of rotatable bonds is 4. The Hall–Kier alpha value is -2.17. The van der Waals surface area contributed by atoms with E-state index in [9.17, 15) is 9.18 Å². The van der Waals surface area contributed by atoms with Crippen molar-refractivity contribution in [3.05, 3.63) is 59.0 Å². The normalized spacial score (nSPS) is 10.2. The van der Waals surface area contributed by atoms with E-state index in [1.807, 2.05) is 0 Å². The zero-order valence-electron chi connectivity index (χ0n) is 9.14. The van der Waals surface area contributed by atoms with Crippen LogP contribution >= 0.6 is 0 Å². The van der Waals surface area contributed by atoms with Gasteiger partial charge in [0.25, 0.3) is 0 Å². The summed E-state index contributed by atoms with van der Waals surface area (Å²) in [6.07, 6.45) is 3.10. The zero-order valence-corrected chi connectivity index (χ0v) is 9.14. The van der Waals surface area contributed by atoms with Gasteiger partial charge in [-0.3, -0.25) is 4.57 Å². The van der Waals surface area contributed by atoms with Crippen molar-refractivity contribution in [3.8, 4) is 0 Å². The number of nitrogens with zero attached hydrogens (tertiary/aromatic N) is 2. The van der Waals surface area contributed by atoms with E-state index in [4.69, 9.17) is 0 Å². The lowest BCUT2D eigenvalue weighted by Crippen LogP contribution is -2.24. The zero-order chi connectivity index (χ0) is 12.1. The number of nitrogens with one attached hydrogen (secondary N) is 1. The predicted molar refractivity (Wildman–Crippen MR) is 63.4 cm³/mol. The molecule has 0 aliphatic rings. The molecule has 0 fully saturated rings. The number of halogens is 1. The summed E-state index contributed by atoms with van der Waals surface area (Å²) >= 11 is 0. The van der Waals surface area contributed by atoms with Gasteiger partial charge in [0.2, 0.25) is 0 Å². The van der Waals surface area contributed by atoms with Gasteiger partial charge in [-0.15, -0.1) is 0 Å². The Balaban J connectivity index is 1.95. The second-order valence-electron chi connectivity index (χ2n) is 3.50. The molecule has 0 atom stereocenters. The summed E-state index contributed by atoms with van der Waals surface area (Å²) in [7, 11) is 0. The molecule has 2 aromatic rings. The Kier molecular flexibility index (Phi) is 3.49. The van der Waals surface area contributed by atoms with Crippen LogP contribution in [0.5, 0.6) is 0 Å². The largest absolute Gasteiger partial charge is 0.381 e. The van der Waals surface area contributed by atoms with Crippen LogP contribution in [0.25, 0.3) is 0 Å². The maximum Gasteiger partial charge on any atom is 0.347 e. The SMILES string of the molecule is O=c1ncccn1CCNc1ccccc1F. The van der Waals surface area contributed by atoms with Gasteiger partial charge in [0.05, 0.1) is 5.69 Å². The van der Waals surface area contributed by atoms with Gasteiger partial charge in [0, 0.05) is 25.5 Å². The van der Waals surface area contributed by atoms with E-state index in [1.54, 1.807) is 30.5 Å². The summed E-state index contributed by atoms with van der Waals surface area (Å²) in [5.41, 5.74) is 0.132. The molecule has 88 valence electrons. The van der Waals surface area contributed by atoms with Crippen LogP contribution in [0.2, 0.25) is 0 Å². The maximum atomic E-state index is 13.3. The van der Waals surface area contributed by atoms with Crippen molar-refractivity contribution in [2.24, 2.45) is 0 Å². The van der Waals surface area contributed by atoms with Gasteiger partial charge in [-0.25, -0.2) is 14.2 Å². The van der Waals surface area contributed by atoms with Crippen molar-refractivity contribution >= 4 is 5.69 Å². The van der Waals surface area contributed by atoms with E-state index in [2.05, 4.69) is 10.3 Å². The molecule has 0 saturated heterocycles. The lowest BCUT2D eigenvalue weighted by molar-refractivity contribution is 0.625. The molecule has 0 aliphatic heterocycles. The van der Waals surface area contributed by atoms with Gasteiger partial charge in [-0.1, -0.05) is 12.1 Å². The van der Waals surface area contributed by atoms with Crippen LogP contribution in [0.4, 0.5) is 10.1 Å². The van der Waals surface area contributed by atoms with Crippen molar-refractivity contribution in [2.75, 3.05) is 11.9 Å². The molecular formula is C12H12FN3O. The fraction of sp³-hybridized carbons (Fsp3) is 0.167. The summed E-state index contributed by atoms with van der Waals surface area (Å²) in [6, 6.07) is 8.11. The average molecular weight is 233 g/mol. The lowest BCUT2D eigenvalue weighted by Gasteiger charge is -2.08. The molecular weight excluding hydrogens is 221 g/mol.